The summed E-state index contributed by atoms with van der Waals surface area (Å²) in [5.41, 5.74) is 1.09. The molecule has 136 valence electrons. The predicted octanol–water partition coefficient (Wildman–Crippen LogP) is 0.221. The number of piperazine rings is 1. The van der Waals surface area contributed by atoms with Crippen molar-refractivity contribution in [1.82, 2.24) is 24.8 Å². The molecule has 8 heteroatoms. The van der Waals surface area contributed by atoms with E-state index >= 15 is 0 Å². The van der Waals surface area contributed by atoms with Crippen LogP contribution >= 0.6 is 0 Å². The van der Waals surface area contributed by atoms with Crippen molar-refractivity contribution in [1.29, 1.82) is 0 Å². The average molecular weight is 354 g/mol. The summed E-state index contributed by atoms with van der Waals surface area (Å²) in [5, 5.41) is 0. The van der Waals surface area contributed by atoms with Crippen LogP contribution in [0.2, 0.25) is 0 Å². The van der Waals surface area contributed by atoms with E-state index in [9.17, 15) is 9.59 Å². The topological polar surface area (TPSA) is 82.5 Å². The van der Waals surface area contributed by atoms with Gasteiger partial charge in [-0.2, -0.15) is 0 Å². The Kier molecular flexibility index (Phi) is 5.73. The number of nitrogens with zero attached hydrogens (tertiary/aromatic N) is 6. The van der Waals surface area contributed by atoms with E-state index in [4.69, 9.17) is 0 Å². The molecule has 2 aromatic heterocycles. The van der Waals surface area contributed by atoms with Gasteiger partial charge >= 0.3 is 11.8 Å². The van der Waals surface area contributed by atoms with E-state index < -0.39 is 11.8 Å². The second kappa shape index (κ2) is 8.37. The maximum atomic E-state index is 12.5. The Hall–Kier alpha value is -3.03. The zero-order valence-corrected chi connectivity index (χ0v) is 14.8. The Morgan fingerprint density at radius 3 is 2.35 bits per heavy atom. The molecule has 3 heterocycles. The second-order valence-corrected chi connectivity index (χ2v) is 6.16. The van der Waals surface area contributed by atoms with Crippen LogP contribution in [0.1, 0.15) is 5.56 Å². The first-order valence-electron chi connectivity index (χ1n) is 8.60. The number of carbonyl (C=O) groups excluding carboxylic acids is 2. The molecular formula is C18H22N6O2. The van der Waals surface area contributed by atoms with Gasteiger partial charge in [-0.15, -0.1) is 0 Å². The molecule has 26 heavy (non-hydrogen) atoms. The predicted molar refractivity (Wildman–Crippen MR) is 96.4 cm³/mol. The fourth-order valence-electron chi connectivity index (χ4n) is 2.81. The van der Waals surface area contributed by atoms with Crippen LogP contribution in [0, 0.1) is 0 Å². The van der Waals surface area contributed by atoms with Crippen LogP contribution in [0.25, 0.3) is 0 Å². The Labute approximate surface area is 152 Å². The molecule has 3 rings (SSSR count). The highest BCUT2D eigenvalue weighted by Crippen LogP contribution is 2.10. The first-order chi connectivity index (χ1) is 12.6. The van der Waals surface area contributed by atoms with Gasteiger partial charge < -0.3 is 14.7 Å². The van der Waals surface area contributed by atoms with Gasteiger partial charge in [-0.25, -0.2) is 9.97 Å². The first-order valence-corrected chi connectivity index (χ1v) is 8.60. The minimum absolute atomic E-state index is 0.448. The number of aromatic nitrogens is 3. The summed E-state index contributed by atoms with van der Waals surface area (Å²) in [6.45, 7) is 2.70. The first kappa shape index (κ1) is 17.8. The van der Waals surface area contributed by atoms with E-state index in [1.54, 1.807) is 42.8 Å². The number of hydrogen-bond acceptors (Lipinski definition) is 6. The Morgan fingerprint density at radius 2 is 1.69 bits per heavy atom. The van der Waals surface area contributed by atoms with Crippen LogP contribution in [0.15, 0.2) is 43.0 Å². The van der Waals surface area contributed by atoms with Crippen LogP contribution in [0.3, 0.4) is 0 Å². The van der Waals surface area contributed by atoms with Crippen LogP contribution < -0.4 is 4.90 Å². The number of likely N-dealkylation sites (N-methyl/N-ethyl adjacent to an activating group) is 1. The highest BCUT2D eigenvalue weighted by Gasteiger charge is 2.28. The summed E-state index contributed by atoms with van der Waals surface area (Å²) < 4.78 is 0. The summed E-state index contributed by atoms with van der Waals surface area (Å²) in [4.78, 5) is 42.4. The van der Waals surface area contributed by atoms with Gasteiger partial charge in [0.05, 0.1) is 0 Å². The van der Waals surface area contributed by atoms with Gasteiger partial charge in [-0.1, -0.05) is 0 Å². The Bertz CT molecular complexity index is 732. The molecule has 0 bridgehead atoms. The molecule has 0 atom stereocenters. The van der Waals surface area contributed by atoms with Crippen molar-refractivity contribution in [3.8, 4) is 0 Å². The Balaban J connectivity index is 1.48. The van der Waals surface area contributed by atoms with E-state index in [2.05, 4.69) is 15.0 Å². The van der Waals surface area contributed by atoms with Gasteiger partial charge in [-0.05, 0) is 30.2 Å². The van der Waals surface area contributed by atoms with Gasteiger partial charge in [0.25, 0.3) is 0 Å². The highest BCUT2D eigenvalue weighted by atomic mass is 16.2. The summed E-state index contributed by atoms with van der Waals surface area (Å²) in [6, 6.07) is 5.58. The normalized spacial score (nSPS) is 14.2. The lowest BCUT2D eigenvalue weighted by Crippen LogP contribution is -2.53. The van der Waals surface area contributed by atoms with E-state index in [1.807, 2.05) is 17.0 Å². The smallest absolute Gasteiger partial charge is 0.312 e. The maximum Gasteiger partial charge on any atom is 0.312 e. The monoisotopic (exact) mass is 354 g/mol. The fraction of sp³-hybridized carbons (Fsp3) is 0.389. The van der Waals surface area contributed by atoms with Crippen molar-refractivity contribution < 1.29 is 9.59 Å². The summed E-state index contributed by atoms with van der Waals surface area (Å²) in [6.07, 6.45) is 7.52. The number of hydrogen-bond donors (Lipinski definition) is 0. The molecule has 1 aliphatic rings. The average Bonchev–Trinajstić information content (AvgIpc) is 2.72. The van der Waals surface area contributed by atoms with Crippen molar-refractivity contribution >= 4 is 17.8 Å². The largest absolute Gasteiger partial charge is 0.337 e. The van der Waals surface area contributed by atoms with Crippen LogP contribution in [-0.4, -0.2) is 76.3 Å². The SMILES string of the molecule is CN(CCc1ccncc1)C(=O)C(=O)N1CCN(c2ncccn2)CC1. The van der Waals surface area contributed by atoms with Gasteiger partial charge in [0.15, 0.2) is 0 Å². The molecule has 2 amide bonds. The van der Waals surface area contributed by atoms with E-state index in [1.165, 1.54) is 4.90 Å². The lowest BCUT2D eigenvalue weighted by molar-refractivity contribution is -0.151. The summed E-state index contributed by atoms with van der Waals surface area (Å²) in [5.74, 6) is -0.264. The van der Waals surface area contributed by atoms with Crippen LogP contribution in [0.5, 0.6) is 0 Å². The van der Waals surface area contributed by atoms with Crippen LogP contribution in [-0.2, 0) is 16.0 Å². The van der Waals surface area contributed by atoms with Crippen molar-refractivity contribution in [2.24, 2.45) is 0 Å². The number of pyridine rings is 1. The molecule has 1 saturated heterocycles. The van der Waals surface area contributed by atoms with Crippen molar-refractivity contribution in [3.05, 3.63) is 48.5 Å². The molecule has 0 N–H and O–H groups in total. The Morgan fingerprint density at radius 1 is 1.04 bits per heavy atom. The van der Waals surface area contributed by atoms with Gasteiger partial charge in [0.2, 0.25) is 5.95 Å². The van der Waals surface area contributed by atoms with Crippen molar-refractivity contribution in [3.63, 3.8) is 0 Å². The molecule has 0 spiro atoms. The maximum absolute atomic E-state index is 12.5. The molecule has 8 nitrogen and oxygen atoms in total. The van der Waals surface area contributed by atoms with Gasteiger partial charge in [0, 0.05) is 64.6 Å². The number of carbonyl (C=O) groups is 2. The van der Waals surface area contributed by atoms with E-state index in [-0.39, 0.29) is 0 Å². The second-order valence-electron chi connectivity index (χ2n) is 6.16. The molecule has 1 aliphatic heterocycles. The molecule has 0 unspecified atom stereocenters. The minimum atomic E-state index is -0.469. The third-order valence-electron chi connectivity index (χ3n) is 4.42. The zero-order chi connectivity index (χ0) is 18.4. The lowest BCUT2D eigenvalue weighted by atomic mass is 10.2. The van der Waals surface area contributed by atoms with Crippen molar-refractivity contribution in [2.45, 2.75) is 6.42 Å². The molecule has 0 aromatic carbocycles. The molecule has 0 radical (unpaired) electrons. The van der Waals surface area contributed by atoms with Crippen LogP contribution in [0.4, 0.5) is 5.95 Å². The minimum Gasteiger partial charge on any atom is -0.337 e. The number of anilines is 1. The van der Waals surface area contributed by atoms with E-state index in [0.717, 1.165) is 5.56 Å². The van der Waals surface area contributed by atoms with Gasteiger partial charge in [-0.3, -0.25) is 14.6 Å². The lowest BCUT2D eigenvalue weighted by Gasteiger charge is -2.34. The van der Waals surface area contributed by atoms with Gasteiger partial charge in [0.1, 0.15) is 0 Å². The molecule has 1 fully saturated rings. The van der Waals surface area contributed by atoms with E-state index in [0.29, 0.717) is 45.1 Å². The molecule has 2 aromatic rings. The summed E-state index contributed by atoms with van der Waals surface area (Å²) in [7, 11) is 1.66. The zero-order valence-electron chi connectivity index (χ0n) is 14.8. The number of rotatable bonds is 4. The molecule has 0 aliphatic carbocycles. The van der Waals surface area contributed by atoms with Crippen molar-refractivity contribution in [2.75, 3.05) is 44.7 Å². The standard InChI is InChI=1S/C18H22N6O2/c1-22(10-5-15-3-8-19-9-4-15)16(25)17(26)23-11-13-24(14-12-23)18-20-6-2-7-21-18/h2-4,6-9H,5,10-14H2,1H3. The fourth-order valence-corrected chi connectivity index (χ4v) is 2.81. The molecule has 0 saturated carbocycles. The third kappa shape index (κ3) is 4.33. The summed E-state index contributed by atoms with van der Waals surface area (Å²) >= 11 is 0. The quantitative estimate of drug-likeness (QED) is 0.731. The highest BCUT2D eigenvalue weighted by molar-refractivity contribution is 6.34. The number of amides is 2. The third-order valence-corrected chi connectivity index (χ3v) is 4.42. The molecular weight excluding hydrogens is 332 g/mol.